The molecular weight excluding hydrogens is 394 g/mol. The fraction of sp³-hybridized carbons (Fsp3) is 0.550. The summed E-state index contributed by atoms with van der Waals surface area (Å²) in [6, 6.07) is 5.79. The fourth-order valence-corrected chi connectivity index (χ4v) is 5.06. The first-order valence-electron chi connectivity index (χ1n) is 9.49. The summed E-state index contributed by atoms with van der Waals surface area (Å²) in [6.45, 7) is 3.20. The zero-order valence-corrected chi connectivity index (χ0v) is 16.6. The Kier molecular flexibility index (Phi) is 4.86. The van der Waals surface area contributed by atoms with Crippen molar-refractivity contribution in [3.63, 3.8) is 0 Å². The minimum Gasteiger partial charge on any atom is -0.338 e. The van der Waals surface area contributed by atoms with Gasteiger partial charge in [-0.05, 0) is 49.3 Å². The van der Waals surface area contributed by atoms with Crippen LogP contribution in [0.25, 0.3) is 10.9 Å². The third-order valence-electron chi connectivity index (χ3n) is 6.15. The van der Waals surface area contributed by atoms with Crippen LogP contribution in [0.1, 0.15) is 39.0 Å². The Bertz CT molecular complexity index is 894. The lowest BCUT2D eigenvalue weighted by molar-refractivity contribution is -0.139. The van der Waals surface area contributed by atoms with Crippen LogP contribution >= 0.6 is 15.9 Å². The van der Waals surface area contributed by atoms with Gasteiger partial charge in [0, 0.05) is 17.1 Å². The van der Waals surface area contributed by atoms with Gasteiger partial charge in [-0.1, -0.05) is 35.7 Å². The highest BCUT2D eigenvalue weighted by Gasteiger charge is 2.39. The highest BCUT2D eigenvalue weighted by atomic mass is 79.9. The summed E-state index contributed by atoms with van der Waals surface area (Å²) >= 11 is 3.40. The molecule has 2 heterocycles. The van der Waals surface area contributed by atoms with Crippen LogP contribution in [0.4, 0.5) is 0 Å². The van der Waals surface area contributed by atoms with Crippen molar-refractivity contribution in [1.29, 1.82) is 0 Å². The Morgan fingerprint density at radius 1 is 1.27 bits per heavy atom. The molecule has 0 radical (unpaired) electrons. The highest BCUT2D eigenvalue weighted by molar-refractivity contribution is 9.10. The Balaban J connectivity index is 1.59. The Labute approximate surface area is 161 Å². The first kappa shape index (κ1) is 17.7. The third-order valence-corrected chi connectivity index (χ3v) is 6.64. The van der Waals surface area contributed by atoms with Crippen LogP contribution in [-0.2, 0) is 11.3 Å². The maximum Gasteiger partial charge on any atom is 0.261 e. The number of hydrogen-bond acceptors (Lipinski definition) is 3. The van der Waals surface area contributed by atoms with Crippen molar-refractivity contribution in [1.82, 2.24) is 14.5 Å². The lowest BCUT2D eigenvalue weighted by Gasteiger charge is -2.47. The van der Waals surface area contributed by atoms with E-state index < -0.39 is 0 Å². The number of hydrogen-bond donors (Lipinski definition) is 0. The minimum atomic E-state index is -0.157. The van der Waals surface area contributed by atoms with E-state index in [9.17, 15) is 9.59 Å². The minimum absolute atomic E-state index is 0.0482. The van der Waals surface area contributed by atoms with Crippen LogP contribution < -0.4 is 5.56 Å². The molecule has 6 heteroatoms. The predicted octanol–water partition coefficient (Wildman–Crippen LogP) is 3.59. The number of nitrogens with zero attached hydrogens (tertiary/aromatic N) is 3. The van der Waals surface area contributed by atoms with Crippen molar-refractivity contribution in [2.75, 3.05) is 6.54 Å². The van der Waals surface area contributed by atoms with Crippen LogP contribution in [0.5, 0.6) is 0 Å². The number of halogens is 1. The van der Waals surface area contributed by atoms with Crippen molar-refractivity contribution in [2.24, 2.45) is 11.8 Å². The maximum absolute atomic E-state index is 13.0. The van der Waals surface area contributed by atoms with E-state index in [0.717, 1.165) is 23.9 Å². The van der Waals surface area contributed by atoms with Crippen molar-refractivity contribution in [2.45, 2.75) is 51.6 Å². The summed E-state index contributed by atoms with van der Waals surface area (Å²) < 4.78 is 2.29. The number of aromatic nitrogens is 2. The maximum atomic E-state index is 13.0. The molecule has 3 unspecified atom stereocenters. The second kappa shape index (κ2) is 7.14. The van der Waals surface area contributed by atoms with Gasteiger partial charge in [0.1, 0.15) is 6.54 Å². The Morgan fingerprint density at radius 3 is 2.92 bits per heavy atom. The molecular formula is C20H24BrN3O2. The molecule has 0 bridgehead atoms. The van der Waals surface area contributed by atoms with Crippen LogP contribution in [0.3, 0.4) is 0 Å². The monoisotopic (exact) mass is 417 g/mol. The standard InChI is InChI=1S/C20H24BrN3O2/c1-13-8-9-24(18-5-3-2-4-15(13)18)19(25)11-23-12-22-17-7-6-14(21)10-16(17)20(23)26/h6-7,10,12-13,15,18H,2-5,8-9,11H2,1H3. The van der Waals surface area contributed by atoms with E-state index in [0.29, 0.717) is 28.8 Å². The van der Waals surface area contributed by atoms with E-state index in [1.54, 1.807) is 6.07 Å². The molecule has 138 valence electrons. The molecule has 2 aliphatic rings. The normalized spacial score (nSPS) is 25.9. The Morgan fingerprint density at radius 2 is 2.08 bits per heavy atom. The van der Waals surface area contributed by atoms with Crippen LogP contribution in [0.2, 0.25) is 0 Å². The smallest absolute Gasteiger partial charge is 0.261 e. The highest BCUT2D eigenvalue weighted by Crippen LogP contribution is 2.38. The second-order valence-corrected chi connectivity index (χ2v) is 8.62. The number of likely N-dealkylation sites (tertiary alicyclic amines) is 1. The molecule has 1 aromatic carbocycles. The average Bonchev–Trinajstić information content (AvgIpc) is 2.65. The predicted molar refractivity (Wildman–Crippen MR) is 105 cm³/mol. The summed E-state index contributed by atoms with van der Waals surface area (Å²) in [6.07, 6.45) is 7.35. The number of piperidine rings is 1. The number of benzene rings is 1. The van der Waals surface area contributed by atoms with Gasteiger partial charge in [0.2, 0.25) is 5.91 Å². The van der Waals surface area contributed by atoms with Gasteiger partial charge in [-0.25, -0.2) is 4.98 Å². The number of carbonyl (C=O) groups is 1. The zero-order chi connectivity index (χ0) is 18.3. The van der Waals surface area contributed by atoms with Gasteiger partial charge < -0.3 is 4.90 Å². The van der Waals surface area contributed by atoms with Gasteiger partial charge in [0.05, 0.1) is 17.2 Å². The van der Waals surface area contributed by atoms with Gasteiger partial charge in [-0.2, -0.15) is 0 Å². The second-order valence-electron chi connectivity index (χ2n) is 7.71. The fourth-order valence-electron chi connectivity index (χ4n) is 4.70. The first-order chi connectivity index (χ1) is 12.5. The molecule has 26 heavy (non-hydrogen) atoms. The molecule has 5 nitrogen and oxygen atoms in total. The van der Waals surface area contributed by atoms with Crippen LogP contribution in [0, 0.1) is 11.8 Å². The number of carbonyl (C=O) groups excluding carboxylic acids is 1. The Hall–Kier alpha value is -1.69. The van der Waals surface area contributed by atoms with E-state index in [1.807, 2.05) is 17.0 Å². The summed E-state index contributed by atoms with van der Waals surface area (Å²) in [5.41, 5.74) is 0.497. The molecule has 4 rings (SSSR count). The molecule has 0 N–H and O–H groups in total. The van der Waals surface area contributed by atoms with E-state index in [1.165, 1.54) is 30.2 Å². The van der Waals surface area contributed by atoms with Crippen molar-refractivity contribution < 1.29 is 4.79 Å². The molecule has 1 saturated heterocycles. The SMILES string of the molecule is CC1CCN(C(=O)Cn2cnc3ccc(Br)cc3c2=O)C2CCCCC12. The first-order valence-corrected chi connectivity index (χ1v) is 10.3. The molecule has 1 aromatic heterocycles. The van der Waals surface area contributed by atoms with Crippen LogP contribution in [-0.4, -0.2) is 32.9 Å². The summed E-state index contributed by atoms with van der Waals surface area (Å²) in [4.78, 5) is 32.2. The van der Waals surface area contributed by atoms with Gasteiger partial charge in [-0.3, -0.25) is 14.2 Å². The van der Waals surface area contributed by atoms with Crippen molar-refractivity contribution >= 4 is 32.7 Å². The lowest BCUT2D eigenvalue weighted by Crippen LogP contribution is -2.53. The van der Waals surface area contributed by atoms with Crippen molar-refractivity contribution in [3.8, 4) is 0 Å². The van der Waals surface area contributed by atoms with Gasteiger partial charge in [0.25, 0.3) is 5.56 Å². The molecule has 2 aromatic rings. The summed E-state index contributed by atoms with van der Waals surface area (Å²) in [5, 5.41) is 0.539. The largest absolute Gasteiger partial charge is 0.338 e. The van der Waals surface area contributed by atoms with Crippen molar-refractivity contribution in [3.05, 3.63) is 39.4 Å². The third kappa shape index (κ3) is 3.20. The molecule has 1 saturated carbocycles. The van der Waals surface area contributed by atoms with E-state index in [4.69, 9.17) is 0 Å². The average molecular weight is 418 g/mol. The molecule has 1 amide bonds. The van der Waals surface area contributed by atoms with Gasteiger partial charge in [-0.15, -0.1) is 0 Å². The van der Waals surface area contributed by atoms with Gasteiger partial charge in [0.15, 0.2) is 0 Å². The lowest BCUT2D eigenvalue weighted by atomic mass is 9.72. The quantitative estimate of drug-likeness (QED) is 0.749. The number of rotatable bonds is 2. The number of amides is 1. The molecule has 2 fully saturated rings. The molecule has 1 aliphatic carbocycles. The summed E-state index contributed by atoms with van der Waals surface area (Å²) in [5.74, 6) is 1.35. The van der Waals surface area contributed by atoms with E-state index in [2.05, 4.69) is 27.8 Å². The van der Waals surface area contributed by atoms with Gasteiger partial charge >= 0.3 is 0 Å². The van der Waals surface area contributed by atoms with E-state index >= 15 is 0 Å². The zero-order valence-electron chi connectivity index (χ0n) is 15.0. The molecule has 0 spiro atoms. The molecule has 1 aliphatic heterocycles. The molecule has 3 atom stereocenters. The topological polar surface area (TPSA) is 55.2 Å². The van der Waals surface area contributed by atoms with E-state index in [-0.39, 0.29) is 18.0 Å². The van der Waals surface area contributed by atoms with Crippen LogP contribution in [0.15, 0.2) is 33.8 Å². The number of fused-ring (bicyclic) bond motifs is 2. The summed E-state index contributed by atoms with van der Waals surface area (Å²) in [7, 11) is 0.